The lowest BCUT2D eigenvalue weighted by molar-refractivity contribution is 0.218. The summed E-state index contributed by atoms with van der Waals surface area (Å²) in [5.74, 6) is -0.654. The Morgan fingerprint density at radius 1 is 1.15 bits per heavy atom. The monoisotopic (exact) mass is 293 g/mol. The fourth-order valence-corrected chi connectivity index (χ4v) is 3.87. The van der Waals surface area contributed by atoms with Crippen molar-refractivity contribution in [3.63, 3.8) is 0 Å². The standard InChI is InChI=1S/C14H12FNO3S/c1-16-12-5-3-2-4-10(12)14(17)11-7-6-9(15)8-13(11)20(16,18)19/h2-8,14,17H,1H3. The molecule has 0 amide bonds. The summed E-state index contributed by atoms with van der Waals surface area (Å²) < 4.78 is 39.5. The molecule has 4 nitrogen and oxygen atoms in total. The van der Waals surface area contributed by atoms with E-state index in [0.717, 1.165) is 16.4 Å². The van der Waals surface area contributed by atoms with Gasteiger partial charge in [-0.3, -0.25) is 4.31 Å². The summed E-state index contributed by atoms with van der Waals surface area (Å²) in [5.41, 5.74) is 1.05. The second-order valence-corrected chi connectivity index (χ2v) is 6.55. The van der Waals surface area contributed by atoms with Gasteiger partial charge in [0.25, 0.3) is 10.0 Å². The van der Waals surface area contributed by atoms with Gasteiger partial charge in [0, 0.05) is 18.2 Å². The molecule has 0 fully saturated rings. The number of hydrogen-bond acceptors (Lipinski definition) is 3. The van der Waals surface area contributed by atoms with Crippen molar-refractivity contribution in [2.45, 2.75) is 11.0 Å². The van der Waals surface area contributed by atoms with Crippen LogP contribution in [0.5, 0.6) is 0 Å². The highest BCUT2D eigenvalue weighted by molar-refractivity contribution is 7.92. The van der Waals surface area contributed by atoms with E-state index in [4.69, 9.17) is 0 Å². The van der Waals surface area contributed by atoms with Crippen LogP contribution in [-0.2, 0) is 10.0 Å². The molecular weight excluding hydrogens is 281 g/mol. The summed E-state index contributed by atoms with van der Waals surface area (Å²) in [7, 11) is -2.50. The zero-order valence-electron chi connectivity index (χ0n) is 10.6. The average Bonchev–Trinajstić information content (AvgIpc) is 2.50. The zero-order valence-corrected chi connectivity index (χ0v) is 11.4. The van der Waals surface area contributed by atoms with Crippen molar-refractivity contribution in [2.75, 3.05) is 11.4 Å². The van der Waals surface area contributed by atoms with Crippen molar-refractivity contribution in [3.8, 4) is 0 Å². The van der Waals surface area contributed by atoms with Gasteiger partial charge in [0.2, 0.25) is 0 Å². The molecule has 6 heteroatoms. The molecule has 0 saturated heterocycles. The minimum absolute atomic E-state index is 0.184. The Morgan fingerprint density at radius 2 is 1.85 bits per heavy atom. The van der Waals surface area contributed by atoms with Crippen LogP contribution in [0.3, 0.4) is 0 Å². The number of para-hydroxylation sites is 1. The van der Waals surface area contributed by atoms with E-state index in [0.29, 0.717) is 11.3 Å². The van der Waals surface area contributed by atoms with Gasteiger partial charge in [-0.05, 0) is 18.2 Å². The molecule has 0 radical (unpaired) electrons. The molecule has 0 spiro atoms. The first kappa shape index (κ1) is 13.1. The minimum Gasteiger partial charge on any atom is -0.384 e. The molecule has 0 bridgehead atoms. The molecule has 1 atom stereocenters. The van der Waals surface area contributed by atoms with Crippen molar-refractivity contribution in [3.05, 3.63) is 59.4 Å². The third-order valence-corrected chi connectivity index (χ3v) is 5.31. The van der Waals surface area contributed by atoms with E-state index >= 15 is 0 Å². The van der Waals surface area contributed by atoms with Gasteiger partial charge in [0.1, 0.15) is 11.9 Å². The Hall–Kier alpha value is -1.92. The zero-order chi connectivity index (χ0) is 14.5. The normalized spacial score (nSPS) is 19.9. The Labute approximate surface area is 116 Å². The van der Waals surface area contributed by atoms with Gasteiger partial charge in [-0.1, -0.05) is 24.3 Å². The van der Waals surface area contributed by atoms with Crippen LogP contribution in [0.25, 0.3) is 0 Å². The second-order valence-electron chi connectivity index (χ2n) is 4.62. The number of rotatable bonds is 0. The van der Waals surface area contributed by atoms with Gasteiger partial charge in [-0.25, -0.2) is 12.8 Å². The van der Waals surface area contributed by atoms with Crippen LogP contribution < -0.4 is 4.31 Å². The maximum Gasteiger partial charge on any atom is 0.264 e. The molecule has 1 unspecified atom stereocenters. The first-order chi connectivity index (χ1) is 9.43. The number of benzene rings is 2. The van der Waals surface area contributed by atoms with Crippen molar-refractivity contribution in [1.29, 1.82) is 0 Å². The molecule has 1 aliphatic heterocycles. The van der Waals surface area contributed by atoms with Crippen molar-refractivity contribution < 1.29 is 17.9 Å². The molecule has 3 rings (SSSR count). The molecule has 1 N–H and O–H groups in total. The molecule has 0 saturated carbocycles. The van der Waals surface area contributed by atoms with Gasteiger partial charge < -0.3 is 5.11 Å². The third-order valence-electron chi connectivity index (χ3n) is 3.48. The lowest BCUT2D eigenvalue weighted by atomic mass is 10.00. The van der Waals surface area contributed by atoms with Gasteiger partial charge in [0.15, 0.2) is 0 Å². The number of aliphatic hydroxyl groups is 1. The average molecular weight is 293 g/mol. The Balaban J connectivity index is 2.41. The van der Waals surface area contributed by atoms with Crippen molar-refractivity contribution in [2.24, 2.45) is 0 Å². The number of aliphatic hydroxyl groups excluding tert-OH is 1. The fourth-order valence-electron chi connectivity index (χ4n) is 2.41. The highest BCUT2D eigenvalue weighted by Crippen LogP contribution is 2.39. The number of halogens is 1. The SMILES string of the molecule is CN1c2ccccc2C(O)c2ccc(F)cc2S1(=O)=O. The molecular formula is C14H12FNO3S. The lowest BCUT2D eigenvalue weighted by Crippen LogP contribution is -2.26. The summed E-state index contributed by atoms with van der Waals surface area (Å²) in [4.78, 5) is -0.205. The second kappa shape index (κ2) is 4.29. The molecule has 20 heavy (non-hydrogen) atoms. The van der Waals surface area contributed by atoms with Crippen LogP contribution in [0, 0.1) is 5.82 Å². The molecule has 2 aromatic rings. The Kier molecular flexibility index (Phi) is 2.81. The van der Waals surface area contributed by atoms with Gasteiger partial charge in [0.05, 0.1) is 10.6 Å². The summed E-state index contributed by atoms with van der Waals surface area (Å²) in [6.45, 7) is 0. The smallest absolute Gasteiger partial charge is 0.264 e. The predicted octanol–water partition coefficient (Wildman–Crippen LogP) is 2.05. The molecule has 2 aromatic carbocycles. The first-order valence-corrected chi connectivity index (χ1v) is 7.42. The first-order valence-electron chi connectivity index (χ1n) is 5.98. The van der Waals surface area contributed by atoms with E-state index in [9.17, 15) is 17.9 Å². The third kappa shape index (κ3) is 1.72. The van der Waals surface area contributed by atoms with Crippen LogP contribution in [-0.4, -0.2) is 20.6 Å². The van der Waals surface area contributed by atoms with E-state index in [1.54, 1.807) is 24.3 Å². The van der Waals surface area contributed by atoms with Crippen LogP contribution in [0.4, 0.5) is 10.1 Å². The van der Waals surface area contributed by atoms with Gasteiger partial charge in [-0.15, -0.1) is 0 Å². The van der Waals surface area contributed by atoms with Crippen molar-refractivity contribution >= 4 is 15.7 Å². The van der Waals surface area contributed by atoms with Gasteiger partial charge in [-0.2, -0.15) is 0 Å². The van der Waals surface area contributed by atoms with E-state index in [-0.39, 0.29) is 10.5 Å². The highest BCUT2D eigenvalue weighted by Gasteiger charge is 2.34. The highest BCUT2D eigenvalue weighted by atomic mass is 32.2. The minimum atomic E-state index is -3.89. The number of fused-ring (bicyclic) bond motifs is 2. The van der Waals surface area contributed by atoms with E-state index < -0.39 is 21.9 Å². The fraction of sp³-hybridized carbons (Fsp3) is 0.143. The number of hydrogen-bond donors (Lipinski definition) is 1. The van der Waals surface area contributed by atoms with Crippen LogP contribution in [0.2, 0.25) is 0 Å². The quantitative estimate of drug-likeness (QED) is 0.808. The number of sulfonamides is 1. The van der Waals surface area contributed by atoms with E-state index in [1.807, 2.05) is 0 Å². The molecule has 1 aliphatic rings. The summed E-state index contributed by atoms with van der Waals surface area (Å²) >= 11 is 0. The maximum atomic E-state index is 13.4. The molecule has 104 valence electrons. The van der Waals surface area contributed by atoms with Crippen LogP contribution >= 0.6 is 0 Å². The summed E-state index contributed by atoms with van der Waals surface area (Å²) in [5, 5.41) is 10.4. The topological polar surface area (TPSA) is 57.6 Å². The van der Waals surface area contributed by atoms with Crippen molar-refractivity contribution in [1.82, 2.24) is 0 Å². The largest absolute Gasteiger partial charge is 0.384 e. The number of nitrogens with zero attached hydrogens (tertiary/aromatic N) is 1. The Morgan fingerprint density at radius 3 is 2.60 bits per heavy atom. The Bertz CT molecular complexity index is 789. The van der Waals surface area contributed by atoms with E-state index in [2.05, 4.69) is 0 Å². The predicted molar refractivity (Wildman–Crippen MR) is 72.5 cm³/mol. The van der Waals surface area contributed by atoms with Crippen LogP contribution in [0.1, 0.15) is 17.2 Å². The maximum absolute atomic E-state index is 13.4. The van der Waals surface area contributed by atoms with E-state index in [1.165, 1.54) is 13.1 Å². The van der Waals surface area contributed by atoms with Gasteiger partial charge >= 0.3 is 0 Å². The lowest BCUT2D eigenvalue weighted by Gasteiger charge is -2.19. The molecule has 0 aromatic heterocycles. The summed E-state index contributed by atoms with van der Waals surface area (Å²) in [6, 6.07) is 10.1. The molecule has 0 aliphatic carbocycles. The molecule has 1 heterocycles. The summed E-state index contributed by atoms with van der Waals surface area (Å²) in [6.07, 6.45) is -1.11. The van der Waals surface area contributed by atoms with Crippen LogP contribution in [0.15, 0.2) is 47.4 Å². The number of anilines is 1.